The highest BCUT2D eigenvalue weighted by atomic mass is 16.3. The largest absolute Gasteiger partial charge is 0.394 e. The number of aliphatic hydroxyl groups is 6. The number of ketones is 1. The molecule has 7 heteroatoms. The zero-order valence-electron chi connectivity index (χ0n) is 35.6. The molecule has 6 N–H and O–H groups in total. The molecule has 316 valence electrons. The quantitative estimate of drug-likeness (QED) is 0.178. The Hall–Kier alpha value is -2.57. The molecule has 0 amide bonds. The predicted octanol–water partition coefficient (Wildman–Crippen LogP) is 5.42. The third-order valence-corrected chi connectivity index (χ3v) is 21.0. The van der Waals surface area contributed by atoms with E-state index in [0.29, 0.717) is 25.7 Å². The molecule has 6 saturated carbocycles. The Kier molecular flexibility index (Phi) is 8.21. The van der Waals surface area contributed by atoms with Gasteiger partial charge in [-0.2, -0.15) is 0 Å². The minimum Gasteiger partial charge on any atom is -0.394 e. The molecule has 0 aromatic heterocycles. The number of hydrogen-bond donors (Lipinski definition) is 6. The average molecular weight is 803 g/mol. The van der Waals surface area contributed by atoms with E-state index in [-0.39, 0.29) is 46.2 Å². The first kappa shape index (κ1) is 39.3. The summed E-state index contributed by atoms with van der Waals surface area (Å²) in [5.41, 5.74) is -3.49. The second-order valence-electron chi connectivity index (χ2n) is 22.8. The van der Waals surface area contributed by atoms with E-state index in [1.807, 2.05) is 13.0 Å². The van der Waals surface area contributed by atoms with Crippen molar-refractivity contribution in [2.75, 3.05) is 6.61 Å². The molecule has 59 heavy (non-hydrogen) atoms. The second-order valence-corrected chi connectivity index (χ2v) is 22.8. The van der Waals surface area contributed by atoms with Gasteiger partial charge in [0.1, 0.15) is 6.10 Å². The van der Waals surface area contributed by atoms with E-state index in [0.717, 1.165) is 85.8 Å². The van der Waals surface area contributed by atoms with Crippen LogP contribution in [0.4, 0.5) is 0 Å². The van der Waals surface area contributed by atoms with Gasteiger partial charge in [-0.05, 0) is 169 Å². The molecule has 1 aromatic rings. The summed E-state index contributed by atoms with van der Waals surface area (Å²) in [7, 11) is 0. The first-order valence-electron chi connectivity index (χ1n) is 23.3. The second kappa shape index (κ2) is 12.3. The van der Waals surface area contributed by atoms with E-state index < -0.39 is 69.6 Å². The predicted molar refractivity (Wildman–Crippen MR) is 225 cm³/mol. The smallest absolute Gasteiger partial charge is 0.159 e. The van der Waals surface area contributed by atoms with Gasteiger partial charge in [0.25, 0.3) is 0 Å². The first-order chi connectivity index (χ1) is 28.0. The Morgan fingerprint density at radius 3 is 2.49 bits per heavy atom. The number of carbonyl (C=O) groups excluding carboxylic acids is 1. The standard InChI is InChI=1S/C52H66O7/c1-30(54)31-10-11-32-23-33-12-18-48-19-14-40-47(4,43(58)27-53)41(56)15-21-51(40,36(33)24-34(32)22-31)44(48)39(55)25-37-38-26-45(2)16-6-5-9-42(57)52(38)49(28-45)17-7-8-35(49)13-20-50(52,59)29-46(37,48)3/h10-11,13,20,22-25,30,33,35-36,38,40-44,53-54,56-59H,6-8,12,14-19,21,26-29H2,1-4H3. The van der Waals surface area contributed by atoms with E-state index in [1.54, 1.807) is 6.92 Å². The lowest BCUT2D eigenvalue weighted by molar-refractivity contribution is -0.294. The van der Waals surface area contributed by atoms with Gasteiger partial charge in [-0.15, -0.1) is 5.92 Å². The number of carbonyl (C=O) groups is 1. The maximum absolute atomic E-state index is 16.2. The van der Waals surface area contributed by atoms with Crippen LogP contribution in [0, 0.1) is 85.3 Å². The zero-order chi connectivity index (χ0) is 41.3. The van der Waals surface area contributed by atoms with Crippen LogP contribution in [0.25, 0.3) is 12.2 Å². The maximum Gasteiger partial charge on any atom is 0.159 e. The van der Waals surface area contributed by atoms with E-state index >= 15 is 4.79 Å². The summed E-state index contributed by atoms with van der Waals surface area (Å²) in [6.45, 7) is 8.11. The molecule has 12 rings (SSSR count). The van der Waals surface area contributed by atoms with Crippen molar-refractivity contribution in [3.05, 3.63) is 58.0 Å². The van der Waals surface area contributed by atoms with Gasteiger partial charge in [-0.1, -0.05) is 75.1 Å². The van der Waals surface area contributed by atoms with Gasteiger partial charge in [0.2, 0.25) is 0 Å². The van der Waals surface area contributed by atoms with Crippen LogP contribution in [-0.4, -0.2) is 66.9 Å². The summed E-state index contributed by atoms with van der Waals surface area (Å²) in [5.74, 6) is 6.27. The van der Waals surface area contributed by atoms with Crippen LogP contribution in [-0.2, 0) is 4.79 Å². The van der Waals surface area contributed by atoms with Gasteiger partial charge in [0.15, 0.2) is 5.78 Å². The van der Waals surface area contributed by atoms with Gasteiger partial charge in [-0.3, -0.25) is 4.79 Å². The molecule has 0 heterocycles. The minimum absolute atomic E-state index is 0.0576. The number of allylic oxidation sites excluding steroid dienone is 3. The average Bonchev–Trinajstić information content (AvgIpc) is 3.61. The molecule has 7 nitrogen and oxygen atoms in total. The summed E-state index contributed by atoms with van der Waals surface area (Å²) < 4.78 is 0. The molecule has 18 unspecified atom stereocenters. The minimum atomic E-state index is -1.34. The van der Waals surface area contributed by atoms with E-state index in [1.165, 1.54) is 0 Å². The number of rotatable bonds is 3. The summed E-state index contributed by atoms with van der Waals surface area (Å²) in [5, 5.41) is 74.2. The third kappa shape index (κ3) is 4.41. The van der Waals surface area contributed by atoms with Crippen LogP contribution in [0.1, 0.15) is 129 Å². The topological polar surface area (TPSA) is 138 Å². The van der Waals surface area contributed by atoms with E-state index in [2.05, 4.69) is 68.2 Å². The molecule has 11 aliphatic carbocycles. The fourth-order valence-corrected chi connectivity index (χ4v) is 19.0. The van der Waals surface area contributed by atoms with Crippen LogP contribution < -0.4 is 10.4 Å². The molecule has 0 radical (unpaired) electrons. The van der Waals surface area contributed by atoms with Gasteiger partial charge in [-0.25, -0.2) is 0 Å². The van der Waals surface area contributed by atoms with Crippen molar-refractivity contribution < 1.29 is 35.4 Å². The summed E-state index contributed by atoms with van der Waals surface area (Å²) in [6.07, 6.45) is 18.7. The van der Waals surface area contributed by atoms with Crippen molar-refractivity contribution in [2.45, 2.75) is 148 Å². The van der Waals surface area contributed by atoms with Crippen molar-refractivity contribution in [2.24, 2.45) is 73.4 Å². The lowest BCUT2D eigenvalue weighted by atomic mass is 9.26. The van der Waals surface area contributed by atoms with Crippen molar-refractivity contribution in [3.63, 3.8) is 0 Å². The monoisotopic (exact) mass is 802 g/mol. The SMILES string of the molecule is CC(O)c1ccc2c(c1)=CC1C(C=2)CCC23CCC4C(C)(C(O)CO)C(O)CCC14C2C(=O)C=C1C2CC4(C)CCC#CC(O)C25C(O)(C=CC2CCCC25C4)CC13C. The molecular formula is C52H66O7. The molecular weight excluding hydrogens is 737 g/mol. The van der Waals surface area contributed by atoms with Crippen molar-refractivity contribution in [1.82, 2.24) is 0 Å². The van der Waals surface area contributed by atoms with Crippen molar-refractivity contribution in [1.29, 1.82) is 0 Å². The number of hydrogen-bond acceptors (Lipinski definition) is 7. The molecule has 6 fully saturated rings. The molecule has 0 saturated heterocycles. The van der Waals surface area contributed by atoms with Crippen molar-refractivity contribution in [3.8, 4) is 11.8 Å². The van der Waals surface area contributed by atoms with Gasteiger partial charge in [0.05, 0.1) is 35.9 Å². The van der Waals surface area contributed by atoms with Crippen LogP contribution >= 0.6 is 0 Å². The van der Waals surface area contributed by atoms with Crippen LogP contribution in [0.3, 0.4) is 0 Å². The van der Waals surface area contributed by atoms with Crippen LogP contribution in [0.2, 0.25) is 0 Å². The molecule has 18 atom stereocenters. The summed E-state index contributed by atoms with van der Waals surface area (Å²) >= 11 is 0. The fourth-order valence-electron chi connectivity index (χ4n) is 19.0. The number of benzene rings is 1. The summed E-state index contributed by atoms with van der Waals surface area (Å²) in [4.78, 5) is 16.2. The Balaban J connectivity index is 1.18. The molecule has 0 aliphatic heterocycles. The Morgan fingerprint density at radius 2 is 1.71 bits per heavy atom. The first-order valence-corrected chi connectivity index (χ1v) is 23.3. The molecule has 11 aliphatic rings. The number of aliphatic hydroxyl groups excluding tert-OH is 5. The highest BCUT2D eigenvalue weighted by Gasteiger charge is 2.83. The third-order valence-electron chi connectivity index (χ3n) is 21.0. The Bertz CT molecular complexity index is 2260. The van der Waals surface area contributed by atoms with E-state index in [4.69, 9.17) is 0 Å². The van der Waals surface area contributed by atoms with Gasteiger partial charge in [0, 0.05) is 17.8 Å². The normalized spacial score (nSPS) is 53.1. The van der Waals surface area contributed by atoms with Gasteiger partial charge >= 0.3 is 0 Å². The van der Waals surface area contributed by atoms with Crippen LogP contribution in [0.15, 0.2) is 42.0 Å². The Labute approximate surface area is 349 Å². The lowest BCUT2D eigenvalue weighted by Crippen LogP contribution is -2.78. The van der Waals surface area contributed by atoms with Crippen molar-refractivity contribution >= 4 is 17.9 Å². The lowest BCUT2D eigenvalue weighted by Gasteiger charge is -2.78. The van der Waals surface area contributed by atoms with E-state index in [9.17, 15) is 30.6 Å². The molecule has 3 spiro atoms. The maximum atomic E-state index is 16.2. The number of fused-ring (bicyclic) bond motifs is 6. The summed E-state index contributed by atoms with van der Waals surface area (Å²) in [6, 6.07) is 6.23. The highest BCUT2D eigenvalue weighted by molar-refractivity contribution is 5.96. The molecule has 1 aromatic carbocycles. The van der Waals surface area contributed by atoms with Gasteiger partial charge < -0.3 is 30.6 Å². The molecule has 4 bridgehead atoms. The van der Waals surface area contributed by atoms with Crippen LogP contribution in [0.5, 0.6) is 0 Å². The Morgan fingerprint density at radius 1 is 0.915 bits per heavy atom. The zero-order valence-corrected chi connectivity index (χ0v) is 35.6. The fraction of sp³-hybridized carbons (Fsp3) is 0.712. The highest BCUT2D eigenvalue weighted by Crippen LogP contribution is 2.85.